The molecule has 3 rings (SSSR count). The number of aliphatic hydroxyl groups is 1. The van der Waals surface area contributed by atoms with Crippen molar-refractivity contribution in [2.24, 2.45) is 5.92 Å². The molecule has 1 aromatic heterocycles. The molecule has 0 aromatic carbocycles. The second kappa shape index (κ2) is 6.34. The van der Waals surface area contributed by atoms with Gasteiger partial charge in [0.05, 0.1) is 15.5 Å². The summed E-state index contributed by atoms with van der Waals surface area (Å²) in [5.41, 5.74) is -0.0616. The summed E-state index contributed by atoms with van der Waals surface area (Å²) in [6.45, 7) is 2.30. The number of thiophene rings is 1. The zero-order valence-corrected chi connectivity index (χ0v) is 15.1. The number of rotatable bonds is 2. The van der Waals surface area contributed by atoms with E-state index in [9.17, 15) is 5.11 Å². The zero-order chi connectivity index (χ0) is 14.2. The molecule has 2 saturated heterocycles. The van der Waals surface area contributed by atoms with Gasteiger partial charge in [0.1, 0.15) is 0 Å². The van der Waals surface area contributed by atoms with Crippen molar-refractivity contribution >= 4 is 43.2 Å². The number of hydrogen-bond acceptors (Lipinski definition) is 4. The van der Waals surface area contributed by atoms with Crippen LogP contribution in [0.15, 0.2) is 14.3 Å². The SMILES string of the molecule is OC(c1cc(Br)c(Br)s1)C1CCOC2(CCOCC2)C1. The van der Waals surface area contributed by atoms with Gasteiger partial charge in [-0.25, -0.2) is 0 Å². The Morgan fingerprint density at radius 1 is 1.30 bits per heavy atom. The molecule has 3 nitrogen and oxygen atoms in total. The molecule has 2 aliphatic heterocycles. The first-order chi connectivity index (χ1) is 9.60. The Morgan fingerprint density at radius 2 is 2.05 bits per heavy atom. The van der Waals surface area contributed by atoms with E-state index in [0.717, 1.165) is 58.6 Å². The Balaban J connectivity index is 1.72. The van der Waals surface area contributed by atoms with Crippen molar-refractivity contribution < 1.29 is 14.6 Å². The molecule has 0 radical (unpaired) electrons. The fourth-order valence-electron chi connectivity index (χ4n) is 3.17. The quantitative estimate of drug-likeness (QED) is 0.768. The van der Waals surface area contributed by atoms with Crippen molar-refractivity contribution in [3.05, 3.63) is 19.2 Å². The van der Waals surface area contributed by atoms with E-state index >= 15 is 0 Å². The van der Waals surface area contributed by atoms with Crippen LogP contribution in [0.3, 0.4) is 0 Å². The van der Waals surface area contributed by atoms with Crippen LogP contribution >= 0.6 is 43.2 Å². The molecular formula is C14H18Br2O3S. The minimum absolute atomic E-state index is 0.0616. The normalized spacial score (nSPS) is 27.6. The first kappa shape index (κ1) is 15.4. The highest BCUT2D eigenvalue weighted by atomic mass is 79.9. The van der Waals surface area contributed by atoms with Crippen molar-refractivity contribution in [2.45, 2.75) is 37.4 Å². The maximum Gasteiger partial charge on any atom is 0.0912 e. The fourth-order valence-corrected chi connectivity index (χ4v) is 5.34. The van der Waals surface area contributed by atoms with Gasteiger partial charge in [-0.05, 0) is 69.5 Å². The molecule has 1 spiro atoms. The Hall–Kier alpha value is 0.540. The Kier molecular flexibility index (Phi) is 4.90. The molecule has 6 heteroatoms. The molecule has 2 unspecified atom stereocenters. The van der Waals surface area contributed by atoms with Crippen LogP contribution in [0.1, 0.15) is 36.7 Å². The van der Waals surface area contributed by atoms with Crippen LogP contribution in [0.4, 0.5) is 0 Å². The van der Waals surface area contributed by atoms with Gasteiger partial charge >= 0.3 is 0 Å². The molecule has 0 aliphatic carbocycles. The van der Waals surface area contributed by atoms with Gasteiger partial charge in [0, 0.05) is 29.2 Å². The summed E-state index contributed by atoms with van der Waals surface area (Å²) in [6, 6.07) is 2.02. The fraction of sp³-hybridized carbons (Fsp3) is 0.714. The smallest absolute Gasteiger partial charge is 0.0912 e. The number of aliphatic hydroxyl groups excluding tert-OH is 1. The largest absolute Gasteiger partial charge is 0.387 e. The summed E-state index contributed by atoms with van der Waals surface area (Å²) in [5.74, 6) is 0.277. The summed E-state index contributed by atoms with van der Waals surface area (Å²) in [7, 11) is 0. The van der Waals surface area contributed by atoms with Crippen LogP contribution < -0.4 is 0 Å². The van der Waals surface area contributed by atoms with E-state index < -0.39 is 6.10 Å². The lowest BCUT2D eigenvalue weighted by Gasteiger charge is -2.44. The first-order valence-electron chi connectivity index (χ1n) is 6.94. The molecule has 2 aliphatic rings. The highest BCUT2D eigenvalue weighted by Gasteiger charge is 2.41. The van der Waals surface area contributed by atoms with E-state index in [1.165, 1.54) is 0 Å². The van der Waals surface area contributed by atoms with Crippen LogP contribution in [0.2, 0.25) is 0 Å². The lowest BCUT2D eigenvalue weighted by molar-refractivity contribution is -0.158. The lowest BCUT2D eigenvalue weighted by atomic mass is 9.78. The standard InChI is InChI=1S/C14H18Br2O3S/c15-10-7-11(20-13(10)16)12(17)9-1-4-19-14(8-9)2-5-18-6-3-14/h7,9,12,17H,1-6,8H2. The summed E-state index contributed by atoms with van der Waals surface area (Å²) in [4.78, 5) is 1.03. The van der Waals surface area contributed by atoms with Gasteiger partial charge in [0.15, 0.2) is 0 Å². The minimum atomic E-state index is -0.397. The Bertz CT molecular complexity index is 446. The van der Waals surface area contributed by atoms with E-state index in [1.807, 2.05) is 6.07 Å². The van der Waals surface area contributed by atoms with Crippen molar-refractivity contribution in [3.63, 3.8) is 0 Å². The number of ether oxygens (including phenoxy) is 2. The molecule has 20 heavy (non-hydrogen) atoms. The van der Waals surface area contributed by atoms with Crippen molar-refractivity contribution in [3.8, 4) is 0 Å². The third-order valence-electron chi connectivity index (χ3n) is 4.34. The van der Waals surface area contributed by atoms with Crippen LogP contribution in [0.25, 0.3) is 0 Å². The van der Waals surface area contributed by atoms with E-state index in [2.05, 4.69) is 31.9 Å². The zero-order valence-electron chi connectivity index (χ0n) is 11.1. The lowest BCUT2D eigenvalue weighted by Crippen LogP contribution is -2.45. The van der Waals surface area contributed by atoms with Gasteiger partial charge in [0.2, 0.25) is 0 Å². The van der Waals surface area contributed by atoms with Crippen molar-refractivity contribution in [2.75, 3.05) is 19.8 Å². The molecule has 0 saturated carbocycles. The van der Waals surface area contributed by atoms with Crippen LogP contribution in [-0.2, 0) is 9.47 Å². The van der Waals surface area contributed by atoms with E-state index in [1.54, 1.807) is 11.3 Å². The number of hydrogen-bond donors (Lipinski definition) is 1. The molecule has 2 atom stereocenters. The average molecular weight is 426 g/mol. The first-order valence-corrected chi connectivity index (χ1v) is 9.34. The summed E-state index contributed by atoms with van der Waals surface area (Å²) < 4.78 is 13.5. The topological polar surface area (TPSA) is 38.7 Å². The third-order valence-corrected chi connectivity index (χ3v) is 7.66. The van der Waals surface area contributed by atoms with Gasteiger partial charge in [-0.2, -0.15) is 0 Å². The second-order valence-corrected chi connectivity index (χ2v) is 8.87. The van der Waals surface area contributed by atoms with Gasteiger partial charge < -0.3 is 14.6 Å². The molecule has 3 heterocycles. The Labute approximate surface area is 139 Å². The van der Waals surface area contributed by atoms with Gasteiger partial charge in [0.25, 0.3) is 0 Å². The Morgan fingerprint density at radius 3 is 2.70 bits per heavy atom. The molecule has 1 aromatic rings. The highest BCUT2D eigenvalue weighted by molar-refractivity contribution is 9.13. The van der Waals surface area contributed by atoms with E-state index in [-0.39, 0.29) is 11.5 Å². The third kappa shape index (κ3) is 3.15. The van der Waals surface area contributed by atoms with Gasteiger partial charge in [-0.15, -0.1) is 11.3 Å². The molecular weight excluding hydrogens is 408 g/mol. The van der Waals surface area contributed by atoms with Crippen LogP contribution in [-0.4, -0.2) is 30.5 Å². The minimum Gasteiger partial charge on any atom is -0.387 e. The highest BCUT2D eigenvalue weighted by Crippen LogP contribution is 2.44. The summed E-state index contributed by atoms with van der Waals surface area (Å²) in [5, 5.41) is 10.7. The average Bonchev–Trinajstić information content (AvgIpc) is 2.79. The predicted molar refractivity (Wildman–Crippen MR) is 86.1 cm³/mol. The summed E-state index contributed by atoms with van der Waals surface area (Å²) >= 11 is 8.59. The van der Waals surface area contributed by atoms with Gasteiger partial charge in [-0.1, -0.05) is 0 Å². The second-order valence-electron chi connectivity index (χ2n) is 5.61. The molecule has 1 N–H and O–H groups in total. The monoisotopic (exact) mass is 424 g/mol. The van der Waals surface area contributed by atoms with Crippen molar-refractivity contribution in [1.82, 2.24) is 0 Å². The van der Waals surface area contributed by atoms with Gasteiger partial charge in [-0.3, -0.25) is 0 Å². The predicted octanol–water partition coefficient (Wildman–Crippen LogP) is 4.28. The number of halogens is 2. The molecule has 0 bridgehead atoms. The molecule has 0 amide bonds. The van der Waals surface area contributed by atoms with E-state index in [4.69, 9.17) is 9.47 Å². The summed E-state index contributed by atoms with van der Waals surface area (Å²) in [6.07, 6.45) is 3.37. The molecule has 2 fully saturated rings. The van der Waals surface area contributed by atoms with Crippen LogP contribution in [0, 0.1) is 5.92 Å². The maximum absolute atomic E-state index is 10.7. The molecule has 112 valence electrons. The maximum atomic E-state index is 10.7. The van der Waals surface area contributed by atoms with Crippen molar-refractivity contribution in [1.29, 1.82) is 0 Å². The van der Waals surface area contributed by atoms with E-state index in [0.29, 0.717) is 0 Å². The van der Waals surface area contributed by atoms with Crippen LogP contribution in [0.5, 0.6) is 0 Å².